The fraction of sp³-hybridized carbons (Fsp3) is 0.167. The van der Waals surface area contributed by atoms with Gasteiger partial charge in [0.25, 0.3) is 0 Å². The number of aromatic nitrogens is 1. The van der Waals surface area contributed by atoms with E-state index in [9.17, 15) is 0 Å². The average molecular weight is 498 g/mol. The van der Waals surface area contributed by atoms with Gasteiger partial charge in [-0.1, -0.05) is 46.3 Å². The van der Waals surface area contributed by atoms with Crippen LogP contribution in [0.15, 0.2) is 83.3 Å². The smallest absolute Gasteiger partial charge is 0.213 e. The zero-order chi connectivity index (χ0) is 23.5. The van der Waals surface area contributed by atoms with E-state index in [0.717, 1.165) is 10.2 Å². The zero-order valence-corrected chi connectivity index (χ0v) is 21.5. The lowest BCUT2D eigenvalue weighted by atomic mass is 9.99. The maximum Gasteiger partial charge on any atom is 0.213 e. The lowest BCUT2D eigenvalue weighted by Gasteiger charge is -2.12. The summed E-state index contributed by atoms with van der Waals surface area (Å²) in [6, 6.07) is 28.4. The predicted octanol–water partition coefficient (Wildman–Crippen LogP) is 7.46. The Morgan fingerprint density at radius 1 is 0.697 bits per heavy atom. The van der Waals surface area contributed by atoms with Gasteiger partial charge in [0.05, 0.1) is 0 Å². The van der Waals surface area contributed by atoms with E-state index in [-0.39, 0.29) is 0 Å². The number of anilines is 1. The van der Waals surface area contributed by atoms with E-state index in [1.165, 1.54) is 44.8 Å². The van der Waals surface area contributed by atoms with Crippen LogP contribution in [0, 0.1) is 13.8 Å². The number of hydrogen-bond donors (Lipinski definition) is 0. The van der Waals surface area contributed by atoms with E-state index in [1.54, 1.807) is 0 Å². The Kier molecular flexibility index (Phi) is 6.80. The summed E-state index contributed by atoms with van der Waals surface area (Å²) in [6.45, 7) is 4.34. The van der Waals surface area contributed by atoms with Crippen LogP contribution in [0.3, 0.4) is 0 Å². The molecule has 3 heteroatoms. The number of rotatable bonds is 5. The van der Waals surface area contributed by atoms with Crippen LogP contribution in [-0.4, -0.2) is 14.1 Å². The predicted molar refractivity (Wildman–Crippen MR) is 145 cm³/mol. The molecule has 166 valence electrons. The van der Waals surface area contributed by atoms with Crippen LogP contribution in [0.25, 0.3) is 34.5 Å². The lowest BCUT2D eigenvalue weighted by molar-refractivity contribution is -0.662. The number of pyridine rings is 1. The van der Waals surface area contributed by atoms with Crippen molar-refractivity contribution in [3.8, 4) is 22.4 Å². The van der Waals surface area contributed by atoms with E-state index >= 15 is 0 Å². The molecule has 0 N–H and O–H groups in total. The zero-order valence-electron chi connectivity index (χ0n) is 19.9. The minimum absolute atomic E-state index is 1.09. The van der Waals surface area contributed by atoms with Crippen molar-refractivity contribution in [1.82, 2.24) is 0 Å². The molecule has 1 aromatic heterocycles. The summed E-state index contributed by atoms with van der Waals surface area (Å²) in [5, 5.41) is 0. The van der Waals surface area contributed by atoms with Gasteiger partial charge in [-0.15, -0.1) is 0 Å². The number of hydrogen-bond acceptors (Lipinski definition) is 1. The molecule has 0 saturated heterocycles. The molecule has 0 atom stereocenters. The SMILES string of the molecule is Cc1ccc(-c2cc(-c3ccc(Br)cc3)cc(C=Cc3ccc(N(C)C)cc3)[n+]2C)cc1C. The van der Waals surface area contributed by atoms with Crippen LogP contribution in [0.1, 0.15) is 22.4 Å². The van der Waals surface area contributed by atoms with Crippen LogP contribution < -0.4 is 9.47 Å². The van der Waals surface area contributed by atoms with Gasteiger partial charge in [0.15, 0.2) is 0 Å². The highest BCUT2D eigenvalue weighted by atomic mass is 79.9. The monoisotopic (exact) mass is 497 g/mol. The molecule has 0 spiro atoms. The second-order valence-electron chi connectivity index (χ2n) is 8.74. The summed E-state index contributed by atoms with van der Waals surface area (Å²) < 4.78 is 3.36. The van der Waals surface area contributed by atoms with Gasteiger partial charge in [0, 0.05) is 48.0 Å². The van der Waals surface area contributed by atoms with Crippen molar-refractivity contribution < 1.29 is 4.57 Å². The first kappa shape index (κ1) is 23.0. The summed E-state index contributed by atoms with van der Waals surface area (Å²) >= 11 is 3.56. The quantitative estimate of drug-likeness (QED) is 0.259. The standard InChI is InChI=1S/C30H30BrN2/c1-21-6-10-25(18-22(21)2)30-20-26(24-11-13-27(31)14-12-24)19-29(33(30)5)17-9-23-7-15-28(16-8-23)32(3)4/h6-20H,1-5H3/q+1. The van der Waals surface area contributed by atoms with E-state index < -0.39 is 0 Å². The average Bonchev–Trinajstić information content (AvgIpc) is 2.81. The highest BCUT2D eigenvalue weighted by Crippen LogP contribution is 2.28. The number of nitrogens with zero attached hydrogens (tertiary/aromatic N) is 2. The Bertz CT molecular complexity index is 1300. The van der Waals surface area contributed by atoms with Crippen molar-refractivity contribution in [3.63, 3.8) is 0 Å². The second-order valence-corrected chi connectivity index (χ2v) is 9.65. The fourth-order valence-corrected chi connectivity index (χ4v) is 4.16. The summed E-state index contributed by atoms with van der Waals surface area (Å²) in [5.74, 6) is 0. The topological polar surface area (TPSA) is 7.12 Å². The molecule has 0 fully saturated rings. The molecule has 0 aliphatic heterocycles. The molecular formula is C30H30BrN2+. The first-order valence-corrected chi connectivity index (χ1v) is 11.9. The van der Waals surface area contributed by atoms with Crippen LogP contribution in [-0.2, 0) is 7.05 Å². The highest BCUT2D eigenvalue weighted by molar-refractivity contribution is 9.10. The molecule has 0 amide bonds. The van der Waals surface area contributed by atoms with Gasteiger partial charge >= 0.3 is 0 Å². The van der Waals surface area contributed by atoms with Crippen LogP contribution in [0.2, 0.25) is 0 Å². The first-order valence-electron chi connectivity index (χ1n) is 11.1. The van der Waals surface area contributed by atoms with Crippen molar-refractivity contribution >= 4 is 33.8 Å². The largest absolute Gasteiger partial charge is 0.378 e. The lowest BCUT2D eigenvalue weighted by Crippen LogP contribution is -2.34. The maximum atomic E-state index is 3.56. The maximum absolute atomic E-state index is 3.56. The normalized spacial score (nSPS) is 11.2. The van der Waals surface area contributed by atoms with Crippen molar-refractivity contribution in [2.75, 3.05) is 19.0 Å². The van der Waals surface area contributed by atoms with E-state index in [4.69, 9.17) is 0 Å². The number of halogens is 1. The number of benzene rings is 3. The van der Waals surface area contributed by atoms with Gasteiger partial charge in [-0.2, -0.15) is 4.57 Å². The van der Waals surface area contributed by atoms with Gasteiger partial charge < -0.3 is 4.90 Å². The van der Waals surface area contributed by atoms with Crippen LogP contribution in [0.5, 0.6) is 0 Å². The van der Waals surface area contributed by atoms with Gasteiger partial charge in [0.1, 0.15) is 7.05 Å². The molecule has 0 saturated carbocycles. The summed E-state index contributed by atoms with van der Waals surface area (Å²) in [6.07, 6.45) is 4.39. The van der Waals surface area contributed by atoms with Gasteiger partial charge in [0.2, 0.25) is 11.4 Å². The molecule has 1 heterocycles. The Morgan fingerprint density at radius 2 is 1.36 bits per heavy atom. The van der Waals surface area contributed by atoms with Crippen molar-refractivity contribution in [1.29, 1.82) is 0 Å². The van der Waals surface area contributed by atoms with Gasteiger partial charge in [-0.25, -0.2) is 0 Å². The Labute approximate surface area is 206 Å². The fourth-order valence-electron chi connectivity index (χ4n) is 3.89. The summed E-state index contributed by atoms with van der Waals surface area (Å²) in [4.78, 5) is 2.12. The van der Waals surface area contributed by atoms with Crippen molar-refractivity contribution in [2.45, 2.75) is 13.8 Å². The molecule has 3 aromatic carbocycles. The minimum atomic E-state index is 1.09. The molecule has 2 nitrogen and oxygen atoms in total. The van der Waals surface area contributed by atoms with E-state index in [2.05, 4.69) is 151 Å². The Balaban J connectivity index is 1.81. The molecule has 0 unspecified atom stereocenters. The molecule has 0 aliphatic rings. The Hall–Kier alpha value is -3.17. The first-order chi connectivity index (χ1) is 15.8. The molecular weight excluding hydrogens is 468 g/mol. The molecule has 4 rings (SSSR count). The molecule has 0 bridgehead atoms. The van der Waals surface area contributed by atoms with Gasteiger partial charge in [-0.05, 0) is 84.1 Å². The van der Waals surface area contributed by atoms with Gasteiger partial charge in [-0.3, -0.25) is 0 Å². The molecule has 0 radical (unpaired) electrons. The molecule has 33 heavy (non-hydrogen) atoms. The molecule has 0 aliphatic carbocycles. The third kappa shape index (κ3) is 5.26. The summed E-state index contributed by atoms with van der Waals surface area (Å²) in [5.41, 5.74) is 11.0. The van der Waals surface area contributed by atoms with Crippen LogP contribution in [0.4, 0.5) is 5.69 Å². The minimum Gasteiger partial charge on any atom is -0.378 e. The highest BCUT2D eigenvalue weighted by Gasteiger charge is 2.17. The summed E-state index contributed by atoms with van der Waals surface area (Å²) in [7, 11) is 6.27. The van der Waals surface area contributed by atoms with Crippen molar-refractivity contribution in [3.05, 3.63) is 106 Å². The third-order valence-corrected chi connectivity index (χ3v) is 6.71. The second kappa shape index (κ2) is 9.76. The van der Waals surface area contributed by atoms with Crippen molar-refractivity contribution in [2.24, 2.45) is 7.05 Å². The third-order valence-electron chi connectivity index (χ3n) is 6.18. The van der Waals surface area contributed by atoms with E-state index in [1.807, 2.05) is 0 Å². The van der Waals surface area contributed by atoms with E-state index in [0.29, 0.717) is 0 Å². The Morgan fingerprint density at radius 3 is 2.00 bits per heavy atom. The number of aryl methyl sites for hydroxylation is 2. The van der Waals surface area contributed by atoms with Crippen LogP contribution >= 0.6 is 15.9 Å². The molecule has 4 aromatic rings.